The van der Waals surface area contributed by atoms with Crippen LogP contribution < -0.4 is 5.32 Å². The zero-order valence-electron chi connectivity index (χ0n) is 19.2. The lowest BCUT2D eigenvalue weighted by Gasteiger charge is -2.21. The van der Waals surface area contributed by atoms with E-state index >= 15 is 0 Å². The number of carbonyl (C=O) groups excluding carboxylic acids is 1. The van der Waals surface area contributed by atoms with E-state index < -0.39 is 50.1 Å². The van der Waals surface area contributed by atoms with Crippen molar-refractivity contribution >= 4 is 21.8 Å². The maximum Gasteiger partial charge on any atom is 0.407 e. The number of aryl methyl sites for hydroxylation is 1. The number of amides is 2. The predicted molar refractivity (Wildman–Crippen MR) is 124 cm³/mol. The van der Waals surface area contributed by atoms with Crippen molar-refractivity contribution in [2.45, 2.75) is 17.1 Å². The van der Waals surface area contributed by atoms with E-state index in [4.69, 9.17) is 5.11 Å². The molecule has 0 radical (unpaired) electrons. The van der Waals surface area contributed by atoms with Gasteiger partial charge in [0.05, 0.1) is 4.90 Å². The molecule has 36 heavy (non-hydrogen) atoms. The molecule has 2 aromatic carbocycles. The quantitative estimate of drug-likeness (QED) is 0.437. The lowest BCUT2D eigenvalue weighted by Crippen LogP contribution is -2.35. The molecule has 1 unspecified atom stereocenters. The second-order valence-electron chi connectivity index (χ2n) is 7.93. The van der Waals surface area contributed by atoms with Crippen LogP contribution in [-0.4, -0.2) is 55.5 Å². The van der Waals surface area contributed by atoms with Crippen molar-refractivity contribution in [3.63, 3.8) is 0 Å². The summed E-state index contributed by atoms with van der Waals surface area (Å²) in [4.78, 5) is 27.9. The molecule has 190 valence electrons. The summed E-state index contributed by atoms with van der Waals surface area (Å²) in [5.41, 5.74) is -0.326. The molecule has 2 N–H and O–H groups in total. The first-order valence-electron chi connectivity index (χ1n) is 10.5. The Morgan fingerprint density at radius 2 is 1.67 bits per heavy atom. The Kier molecular flexibility index (Phi) is 7.98. The van der Waals surface area contributed by atoms with Gasteiger partial charge < -0.3 is 15.3 Å². The predicted octanol–water partition coefficient (Wildman–Crippen LogP) is 3.71. The fourth-order valence-electron chi connectivity index (χ4n) is 3.47. The molecule has 3 rings (SSSR count). The van der Waals surface area contributed by atoms with Gasteiger partial charge in [0.25, 0.3) is 5.91 Å². The van der Waals surface area contributed by atoms with Gasteiger partial charge in [0.1, 0.15) is 28.4 Å². The molecule has 8 nitrogen and oxygen atoms in total. The Labute approximate surface area is 205 Å². The molecular weight excluding hydrogens is 499 g/mol. The number of likely N-dealkylation sites (N-methyl/N-ethyl adjacent to an activating group) is 1. The molecule has 0 aliphatic carbocycles. The summed E-state index contributed by atoms with van der Waals surface area (Å²) >= 11 is 0. The molecule has 0 bridgehead atoms. The zero-order chi connectivity index (χ0) is 26.6. The maximum atomic E-state index is 14.8. The average Bonchev–Trinajstić information content (AvgIpc) is 2.82. The van der Waals surface area contributed by atoms with Crippen molar-refractivity contribution in [2.24, 2.45) is 0 Å². The van der Waals surface area contributed by atoms with Crippen LogP contribution in [0.5, 0.6) is 0 Å². The normalized spacial score (nSPS) is 12.1. The van der Waals surface area contributed by atoms with Crippen molar-refractivity contribution in [1.82, 2.24) is 15.2 Å². The van der Waals surface area contributed by atoms with E-state index in [0.29, 0.717) is 0 Å². The smallest absolute Gasteiger partial charge is 0.407 e. The number of rotatable bonds is 8. The Bertz CT molecular complexity index is 1400. The van der Waals surface area contributed by atoms with E-state index in [1.54, 1.807) is 0 Å². The number of benzene rings is 2. The van der Waals surface area contributed by atoms with E-state index in [9.17, 15) is 31.2 Å². The van der Waals surface area contributed by atoms with Gasteiger partial charge in [-0.05, 0) is 66.6 Å². The number of hydrogen-bond acceptors (Lipinski definition) is 5. The lowest BCUT2D eigenvalue weighted by atomic mass is 10.0. The number of hydrogen-bond donors (Lipinski definition) is 2. The van der Waals surface area contributed by atoms with Crippen LogP contribution in [0.25, 0.3) is 0 Å². The number of nitrogens with zero attached hydrogens (tertiary/aromatic N) is 2. The van der Waals surface area contributed by atoms with Crippen molar-refractivity contribution in [3.8, 4) is 0 Å². The summed E-state index contributed by atoms with van der Waals surface area (Å²) < 4.78 is 69.4. The first kappa shape index (κ1) is 26.7. The van der Waals surface area contributed by atoms with Gasteiger partial charge in [0.15, 0.2) is 9.84 Å². The van der Waals surface area contributed by atoms with E-state index in [-0.39, 0.29) is 34.8 Å². The Balaban J connectivity index is 2.02. The first-order valence-corrected chi connectivity index (χ1v) is 12.1. The molecule has 0 saturated carbocycles. The van der Waals surface area contributed by atoms with Crippen molar-refractivity contribution in [1.29, 1.82) is 0 Å². The standard InChI is InChI=1S/C24H22F3N3O5S/c1-14-11-21(23(31)28-9-10-30(2)24(32)33)29-13-19(14)22(18-12-16(26)5-8-20(18)27)36(34,35)17-6-3-15(25)4-7-17/h3-8,11-13,22H,9-10H2,1-2H3,(H,28,31)(H,32,33). The fraction of sp³-hybridized carbons (Fsp3) is 0.208. The first-order chi connectivity index (χ1) is 16.9. The number of halogens is 3. The highest BCUT2D eigenvalue weighted by Crippen LogP contribution is 2.38. The molecule has 1 aromatic heterocycles. The van der Waals surface area contributed by atoms with E-state index in [1.165, 1.54) is 20.0 Å². The summed E-state index contributed by atoms with van der Waals surface area (Å²) in [5.74, 6) is -3.15. The summed E-state index contributed by atoms with van der Waals surface area (Å²) in [5, 5.41) is 9.62. The number of carboxylic acid groups (broad SMARTS) is 1. The van der Waals surface area contributed by atoms with Crippen LogP contribution in [0.4, 0.5) is 18.0 Å². The SMILES string of the molecule is Cc1cc(C(=O)NCCN(C)C(=O)O)ncc1C(c1cc(F)ccc1F)S(=O)(=O)c1ccc(F)cc1. The zero-order valence-corrected chi connectivity index (χ0v) is 20.0. The molecule has 0 aliphatic rings. The molecule has 0 fully saturated rings. The Morgan fingerprint density at radius 3 is 2.28 bits per heavy atom. The summed E-state index contributed by atoms with van der Waals surface area (Å²) in [6.45, 7) is 1.51. The highest BCUT2D eigenvalue weighted by Gasteiger charge is 2.35. The molecule has 0 saturated heterocycles. The third-order valence-corrected chi connectivity index (χ3v) is 7.48. The minimum Gasteiger partial charge on any atom is -0.465 e. The molecule has 1 heterocycles. The highest BCUT2D eigenvalue weighted by molar-refractivity contribution is 7.92. The van der Waals surface area contributed by atoms with Crippen LogP contribution in [-0.2, 0) is 9.84 Å². The Hall–Kier alpha value is -3.93. The van der Waals surface area contributed by atoms with Gasteiger partial charge in [-0.3, -0.25) is 9.78 Å². The van der Waals surface area contributed by atoms with Gasteiger partial charge in [-0.15, -0.1) is 0 Å². The lowest BCUT2D eigenvalue weighted by molar-refractivity contribution is 0.0942. The monoisotopic (exact) mass is 521 g/mol. The molecular formula is C24H22F3N3O5S. The van der Waals surface area contributed by atoms with Crippen LogP contribution in [0.3, 0.4) is 0 Å². The number of sulfone groups is 1. The third-order valence-electron chi connectivity index (χ3n) is 5.42. The molecule has 1 atom stereocenters. The Morgan fingerprint density at radius 1 is 1.03 bits per heavy atom. The summed E-state index contributed by atoms with van der Waals surface area (Å²) in [6, 6.07) is 7.62. The second kappa shape index (κ2) is 10.8. The van der Waals surface area contributed by atoms with Crippen LogP contribution in [0.15, 0.2) is 59.6 Å². The van der Waals surface area contributed by atoms with Crippen molar-refractivity contribution in [3.05, 3.63) is 94.6 Å². The number of aromatic nitrogens is 1. The molecule has 0 aliphatic heterocycles. The fourth-order valence-corrected chi connectivity index (χ4v) is 5.35. The number of carbonyl (C=O) groups is 2. The topological polar surface area (TPSA) is 117 Å². The van der Waals surface area contributed by atoms with Crippen LogP contribution >= 0.6 is 0 Å². The number of nitrogens with one attached hydrogen (secondary N) is 1. The van der Waals surface area contributed by atoms with Gasteiger partial charge in [0, 0.05) is 31.9 Å². The molecule has 12 heteroatoms. The van der Waals surface area contributed by atoms with Crippen LogP contribution in [0.2, 0.25) is 0 Å². The number of pyridine rings is 1. The summed E-state index contributed by atoms with van der Waals surface area (Å²) in [6.07, 6.45) is -0.0791. The highest BCUT2D eigenvalue weighted by atomic mass is 32.2. The van der Waals surface area contributed by atoms with Gasteiger partial charge in [-0.25, -0.2) is 26.4 Å². The van der Waals surface area contributed by atoms with Crippen molar-refractivity contribution < 1.29 is 36.3 Å². The maximum absolute atomic E-state index is 14.8. The minimum absolute atomic E-state index is 0.000185. The van der Waals surface area contributed by atoms with Gasteiger partial charge in [-0.1, -0.05) is 0 Å². The van der Waals surface area contributed by atoms with Crippen LogP contribution in [0.1, 0.15) is 32.4 Å². The minimum atomic E-state index is -4.43. The van der Waals surface area contributed by atoms with Gasteiger partial charge in [-0.2, -0.15) is 0 Å². The average molecular weight is 522 g/mol. The van der Waals surface area contributed by atoms with Crippen LogP contribution in [0, 0.1) is 24.4 Å². The van der Waals surface area contributed by atoms with E-state index in [0.717, 1.165) is 53.6 Å². The van der Waals surface area contributed by atoms with E-state index in [2.05, 4.69) is 10.3 Å². The van der Waals surface area contributed by atoms with Crippen molar-refractivity contribution in [2.75, 3.05) is 20.1 Å². The largest absolute Gasteiger partial charge is 0.465 e. The molecule has 2 amide bonds. The molecule has 3 aromatic rings. The third kappa shape index (κ3) is 5.82. The molecule has 0 spiro atoms. The second-order valence-corrected chi connectivity index (χ2v) is 9.96. The van der Waals surface area contributed by atoms with E-state index in [1.807, 2.05) is 0 Å². The van der Waals surface area contributed by atoms with Gasteiger partial charge in [0.2, 0.25) is 0 Å². The summed E-state index contributed by atoms with van der Waals surface area (Å²) in [7, 11) is -3.09. The van der Waals surface area contributed by atoms with Gasteiger partial charge >= 0.3 is 6.09 Å².